The van der Waals surface area contributed by atoms with Gasteiger partial charge in [-0.25, -0.2) is 0 Å². The molecule has 1 aliphatic carbocycles. The molecule has 0 unspecified atom stereocenters. The van der Waals surface area contributed by atoms with Crippen molar-refractivity contribution in [2.45, 2.75) is 50.7 Å². The van der Waals surface area contributed by atoms with Crippen molar-refractivity contribution in [3.05, 3.63) is 34.9 Å². The highest BCUT2D eigenvalue weighted by molar-refractivity contribution is 14.1. The van der Waals surface area contributed by atoms with Crippen LogP contribution in [0.1, 0.15) is 44.1 Å². The normalized spacial score (nSPS) is 19.4. The first-order valence-corrected chi connectivity index (χ1v) is 8.59. The molecule has 1 aromatic carbocycles. The molecule has 18 heavy (non-hydrogen) atoms. The minimum absolute atomic E-state index is 0.108. The Morgan fingerprint density at radius 1 is 1.06 bits per heavy atom. The lowest BCUT2D eigenvalue weighted by Crippen LogP contribution is -2.33. The zero-order chi connectivity index (χ0) is 12.8. The van der Waals surface area contributed by atoms with Crippen LogP contribution in [0.15, 0.2) is 24.3 Å². The number of hydrogen-bond acceptors (Lipinski definition) is 1. The predicted molar refractivity (Wildman–Crippen MR) is 85.6 cm³/mol. The minimum Gasteiger partial charge on any atom is -0.370 e. The Morgan fingerprint density at radius 3 is 2.22 bits per heavy atom. The maximum absolute atomic E-state index is 6.28. The molecule has 100 valence electrons. The molecule has 0 radical (unpaired) electrons. The highest BCUT2D eigenvalue weighted by Crippen LogP contribution is 2.33. The molecule has 0 aliphatic heterocycles. The van der Waals surface area contributed by atoms with Crippen LogP contribution in [0.5, 0.6) is 0 Å². The van der Waals surface area contributed by atoms with Crippen molar-refractivity contribution in [3.8, 4) is 0 Å². The summed E-state index contributed by atoms with van der Waals surface area (Å²) in [7, 11) is 0. The molecule has 0 aromatic heterocycles. The molecule has 2 rings (SSSR count). The molecule has 3 heteroatoms. The van der Waals surface area contributed by atoms with Crippen LogP contribution in [0, 0.1) is 0 Å². The summed E-state index contributed by atoms with van der Waals surface area (Å²) in [6, 6.07) is 7.98. The Balaban J connectivity index is 1.95. The van der Waals surface area contributed by atoms with Gasteiger partial charge < -0.3 is 4.74 Å². The molecule has 1 aliphatic rings. The lowest BCUT2D eigenvalue weighted by molar-refractivity contribution is -0.0472. The van der Waals surface area contributed by atoms with E-state index in [1.165, 1.54) is 44.1 Å². The molecule has 0 atom stereocenters. The lowest BCUT2D eigenvalue weighted by Gasteiger charge is -2.31. The quantitative estimate of drug-likeness (QED) is 0.388. The number of halogens is 2. The van der Waals surface area contributed by atoms with Crippen molar-refractivity contribution in [3.63, 3.8) is 0 Å². The number of benzene rings is 1. The Bertz CT molecular complexity index is 355. The lowest BCUT2D eigenvalue weighted by atomic mass is 9.96. The molecule has 0 spiro atoms. The van der Waals surface area contributed by atoms with Crippen LogP contribution in [0.25, 0.3) is 0 Å². The summed E-state index contributed by atoms with van der Waals surface area (Å²) in [5.41, 5.74) is 1.32. The highest BCUT2D eigenvalue weighted by atomic mass is 127. The first kappa shape index (κ1) is 14.6. The van der Waals surface area contributed by atoms with Gasteiger partial charge in [0.05, 0.1) is 12.2 Å². The molecular formula is C15H20ClIO. The van der Waals surface area contributed by atoms with E-state index in [2.05, 4.69) is 34.7 Å². The molecule has 1 nitrogen and oxygen atoms in total. The molecule has 1 aromatic rings. The monoisotopic (exact) mass is 378 g/mol. The van der Waals surface area contributed by atoms with E-state index in [1.54, 1.807) is 0 Å². The summed E-state index contributed by atoms with van der Waals surface area (Å²) in [4.78, 5) is 0. The fourth-order valence-electron chi connectivity index (χ4n) is 2.51. The second-order valence-electron chi connectivity index (χ2n) is 5.15. The molecule has 0 saturated heterocycles. The molecule has 1 saturated carbocycles. The second kappa shape index (κ2) is 7.11. The maximum atomic E-state index is 6.28. The second-order valence-corrected chi connectivity index (χ2v) is 6.35. The van der Waals surface area contributed by atoms with Gasteiger partial charge in [0.2, 0.25) is 0 Å². The molecule has 0 N–H and O–H groups in total. The summed E-state index contributed by atoms with van der Waals surface area (Å²) in [6.07, 6.45) is 7.77. The van der Waals surface area contributed by atoms with Gasteiger partial charge in [-0.2, -0.15) is 0 Å². The fraction of sp³-hybridized carbons (Fsp3) is 0.600. The van der Waals surface area contributed by atoms with Gasteiger partial charge in [0, 0.05) is 9.45 Å². The van der Waals surface area contributed by atoms with E-state index in [9.17, 15) is 0 Å². The van der Waals surface area contributed by atoms with Crippen molar-refractivity contribution in [1.82, 2.24) is 0 Å². The van der Waals surface area contributed by atoms with E-state index in [-0.39, 0.29) is 5.60 Å². The van der Waals surface area contributed by atoms with Crippen LogP contribution in [0.4, 0.5) is 0 Å². The average Bonchev–Trinajstić information content (AvgIpc) is 2.64. The van der Waals surface area contributed by atoms with Gasteiger partial charge in [0.1, 0.15) is 0 Å². The molecular weight excluding hydrogens is 359 g/mol. The van der Waals surface area contributed by atoms with E-state index in [4.69, 9.17) is 16.3 Å². The Kier molecular flexibility index (Phi) is 5.77. The van der Waals surface area contributed by atoms with Crippen molar-refractivity contribution < 1.29 is 4.74 Å². The smallest absolute Gasteiger partial charge is 0.0776 e. The Morgan fingerprint density at radius 2 is 1.67 bits per heavy atom. The van der Waals surface area contributed by atoms with Gasteiger partial charge in [-0.15, -0.1) is 0 Å². The molecule has 0 heterocycles. The topological polar surface area (TPSA) is 9.23 Å². The van der Waals surface area contributed by atoms with E-state index >= 15 is 0 Å². The van der Waals surface area contributed by atoms with Gasteiger partial charge in [0.15, 0.2) is 0 Å². The van der Waals surface area contributed by atoms with Gasteiger partial charge in [-0.1, -0.05) is 72.0 Å². The third-order valence-electron chi connectivity index (χ3n) is 3.72. The van der Waals surface area contributed by atoms with E-state index in [0.717, 1.165) is 9.45 Å². The van der Waals surface area contributed by atoms with Crippen molar-refractivity contribution in [2.75, 3.05) is 4.43 Å². The third-order valence-corrected chi connectivity index (χ3v) is 5.36. The van der Waals surface area contributed by atoms with Gasteiger partial charge in [-0.3, -0.25) is 0 Å². The van der Waals surface area contributed by atoms with Crippen molar-refractivity contribution in [2.24, 2.45) is 0 Å². The average molecular weight is 379 g/mol. The molecule has 1 fully saturated rings. The predicted octanol–water partition coefficient (Wildman–Crippen LogP) is 5.38. The molecule has 0 amide bonds. The van der Waals surface area contributed by atoms with Gasteiger partial charge in [-0.05, 0) is 30.5 Å². The van der Waals surface area contributed by atoms with Crippen LogP contribution in [0.2, 0.25) is 5.02 Å². The van der Waals surface area contributed by atoms with Gasteiger partial charge >= 0.3 is 0 Å². The summed E-state index contributed by atoms with van der Waals surface area (Å²) >= 11 is 8.37. The number of alkyl halides is 1. The fourth-order valence-corrected chi connectivity index (χ4v) is 3.62. The van der Waals surface area contributed by atoms with E-state index in [1.807, 2.05) is 12.1 Å². The number of ether oxygens (including phenoxy) is 1. The third kappa shape index (κ3) is 4.10. The van der Waals surface area contributed by atoms with E-state index in [0.29, 0.717) is 6.61 Å². The van der Waals surface area contributed by atoms with Crippen molar-refractivity contribution >= 4 is 34.2 Å². The zero-order valence-electron chi connectivity index (χ0n) is 10.6. The van der Waals surface area contributed by atoms with Crippen LogP contribution in [-0.2, 0) is 11.3 Å². The SMILES string of the molecule is Clc1ccc(COC2(CI)CCCCCC2)cc1. The summed E-state index contributed by atoms with van der Waals surface area (Å²) in [5.74, 6) is 0. The Labute approximate surface area is 128 Å². The van der Waals surface area contributed by atoms with Crippen LogP contribution >= 0.6 is 34.2 Å². The minimum atomic E-state index is 0.108. The first-order chi connectivity index (χ1) is 8.74. The highest BCUT2D eigenvalue weighted by Gasteiger charge is 2.30. The summed E-state index contributed by atoms with van der Waals surface area (Å²) in [6.45, 7) is 0.709. The maximum Gasteiger partial charge on any atom is 0.0776 e. The summed E-state index contributed by atoms with van der Waals surface area (Å²) < 4.78 is 7.37. The molecule has 0 bridgehead atoms. The van der Waals surface area contributed by atoms with Crippen LogP contribution in [0.3, 0.4) is 0 Å². The standard InChI is InChI=1S/C15H20ClIO/c16-14-7-5-13(6-8-14)11-18-15(12-17)9-3-1-2-4-10-15/h5-8H,1-4,9-12H2. The largest absolute Gasteiger partial charge is 0.370 e. The van der Waals surface area contributed by atoms with E-state index < -0.39 is 0 Å². The van der Waals surface area contributed by atoms with Crippen LogP contribution in [-0.4, -0.2) is 10.0 Å². The Hall–Kier alpha value is 0.200. The summed E-state index contributed by atoms with van der Waals surface area (Å²) in [5, 5.41) is 0.789. The first-order valence-electron chi connectivity index (χ1n) is 6.68. The van der Waals surface area contributed by atoms with Crippen molar-refractivity contribution in [1.29, 1.82) is 0 Å². The van der Waals surface area contributed by atoms with Crippen LogP contribution < -0.4 is 0 Å². The zero-order valence-corrected chi connectivity index (χ0v) is 13.5. The van der Waals surface area contributed by atoms with Gasteiger partial charge in [0.25, 0.3) is 0 Å². The number of hydrogen-bond donors (Lipinski definition) is 0. The number of rotatable bonds is 4.